The minimum Gasteiger partial charge on any atom is -0.394 e. The third-order valence-electron chi connectivity index (χ3n) is 3.89. The largest absolute Gasteiger partial charge is 0.394 e. The number of hydrogen-bond acceptors (Lipinski definition) is 5. The number of H-pyrrole nitrogens is 1. The Morgan fingerprint density at radius 3 is 2.95 bits per heavy atom. The first-order valence-corrected chi connectivity index (χ1v) is 7.05. The number of aliphatic hydroxyl groups excluding tert-OH is 1. The molecule has 4 atom stereocenters. The molecule has 4 N–H and O–H groups in total. The molecular weight excluding hydrogens is 296 g/mol. The van der Waals surface area contributed by atoms with E-state index in [0.29, 0.717) is 17.4 Å². The van der Waals surface area contributed by atoms with E-state index in [0.717, 1.165) is 4.57 Å². The summed E-state index contributed by atoms with van der Waals surface area (Å²) in [7, 11) is 0. The fourth-order valence-corrected chi connectivity index (χ4v) is 3.14. The highest BCUT2D eigenvalue weighted by molar-refractivity contribution is 7.80. The van der Waals surface area contributed by atoms with Gasteiger partial charge in [0.05, 0.1) is 18.8 Å². The predicted molar refractivity (Wildman–Crippen MR) is 78.1 cm³/mol. The lowest BCUT2D eigenvalue weighted by Crippen LogP contribution is -2.58. The van der Waals surface area contributed by atoms with Gasteiger partial charge in [0, 0.05) is 24.2 Å². The Hall–Kier alpha value is -1.71. The number of ether oxygens (including phenoxy) is 1. The Morgan fingerprint density at radius 1 is 1.52 bits per heavy atom. The van der Waals surface area contributed by atoms with Crippen molar-refractivity contribution in [2.45, 2.75) is 25.3 Å². The molecule has 0 aliphatic carbocycles. The van der Waals surface area contributed by atoms with Gasteiger partial charge in [-0.25, -0.2) is 9.36 Å². The van der Waals surface area contributed by atoms with E-state index in [4.69, 9.17) is 17.0 Å². The predicted octanol–water partition coefficient (Wildman–Crippen LogP) is -1.80. The van der Waals surface area contributed by atoms with Gasteiger partial charge in [0.15, 0.2) is 11.3 Å². The van der Waals surface area contributed by atoms with Crippen molar-refractivity contribution in [2.24, 2.45) is 5.92 Å². The van der Waals surface area contributed by atoms with E-state index in [-0.39, 0.29) is 18.6 Å². The SMILES string of the molecule is Cc1cc(=O)n([C@@H]2O[C@H](CO)C3CNC(=S)NC32)c(=O)[nH]1. The van der Waals surface area contributed by atoms with Crippen molar-refractivity contribution >= 4 is 17.3 Å². The van der Waals surface area contributed by atoms with Gasteiger partial charge in [0.1, 0.15) is 0 Å². The topological polar surface area (TPSA) is 108 Å². The Balaban J connectivity index is 2.04. The van der Waals surface area contributed by atoms with E-state index >= 15 is 0 Å². The molecule has 3 rings (SSSR count). The second-order valence-electron chi connectivity index (χ2n) is 5.26. The minimum atomic E-state index is -0.802. The number of aromatic nitrogens is 2. The van der Waals surface area contributed by atoms with Crippen LogP contribution in [0.4, 0.5) is 0 Å². The molecule has 0 radical (unpaired) electrons. The first-order chi connectivity index (χ1) is 10.0. The number of aliphatic hydroxyl groups is 1. The molecule has 0 spiro atoms. The zero-order chi connectivity index (χ0) is 15.1. The van der Waals surface area contributed by atoms with Crippen LogP contribution in [0.1, 0.15) is 11.9 Å². The lowest BCUT2D eigenvalue weighted by atomic mass is 9.94. The molecule has 2 aliphatic heterocycles. The number of aromatic amines is 1. The van der Waals surface area contributed by atoms with Crippen LogP contribution in [0.5, 0.6) is 0 Å². The first-order valence-electron chi connectivity index (χ1n) is 6.64. The number of fused-ring (bicyclic) bond motifs is 1. The zero-order valence-electron chi connectivity index (χ0n) is 11.3. The highest BCUT2D eigenvalue weighted by Crippen LogP contribution is 2.33. The Kier molecular flexibility index (Phi) is 3.56. The van der Waals surface area contributed by atoms with E-state index in [1.807, 2.05) is 0 Å². The average molecular weight is 312 g/mol. The minimum absolute atomic E-state index is 0.0840. The van der Waals surface area contributed by atoms with Gasteiger partial charge in [0.2, 0.25) is 0 Å². The molecule has 0 aromatic carbocycles. The maximum atomic E-state index is 12.1. The Morgan fingerprint density at radius 2 is 2.29 bits per heavy atom. The van der Waals surface area contributed by atoms with Gasteiger partial charge in [-0.3, -0.25) is 4.79 Å². The number of rotatable bonds is 2. The number of thiocarbonyl (C=S) groups is 1. The quantitative estimate of drug-likeness (QED) is 0.477. The van der Waals surface area contributed by atoms with Gasteiger partial charge < -0.3 is 25.5 Å². The fourth-order valence-electron chi connectivity index (χ4n) is 2.92. The summed E-state index contributed by atoms with van der Waals surface area (Å²) in [5, 5.41) is 15.9. The molecule has 0 saturated carbocycles. The first kappa shape index (κ1) is 14.2. The van der Waals surface area contributed by atoms with E-state index in [2.05, 4.69) is 15.6 Å². The van der Waals surface area contributed by atoms with E-state index in [1.165, 1.54) is 6.07 Å². The van der Waals surface area contributed by atoms with Crippen molar-refractivity contribution in [3.63, 3.8) is 0 Å². The molecule has 2 saturated heterocycles. The van der Waals surface area contributed by atoms with Crippen LogP contribution >= 0.6 is 12.2 Å². The van der Waals surface area contributed by atoms with Crippen molar-refractivity contribution in [1.82, 2.24) is 20.2 Å². The molecule has 0 bridgehead atoms. The van der Waals surface area contributed by atoms with Crippen molar-refractivity contribution < 1.29 is 9.84 Å². The number of aryl methyl sites for hydroxylation is 1. The van der Waals surface area contributed by atoms with Crippen LogP contribution in [0.2, 0.25) is 0 Å². The van der Waals surface area contributed by atoms with Gasteiger partial charge in [-0.1, -0.05) is 0 Å². The summed E-state index contributed by atoms with van der Waals surface area (Å²) in [5.41, 5.74) is -0.485. The van der Waals surface area contributed by atoms with Gasteiger partial charge >= 0.3 is 5.69 Å². The third kappa shape index (κ3) is 2.37. The third-order valence-corrected chi connectivity index (χ3v) is 4.15. The van der Waals surface area contributed by atoms with E-state index in [1.54, 1.807) is 6.92 Å². The number of hydrogen-bond donors (Lipinski definition) is 4. The molecule has 2 fully saturated rings. The lowest BCUT2D eigenvalue weighted by molar-refractivity contribution is -0.0358. The van der Waals surface area contributed by atoms with Crippen LogP contribution < -0.4 is 21.9 Å². The van der Waals surface area contributed by atoms with E-state index < -0.39 is 23.6 Å². The smallest absolute Gasteiger partial charge is 0.330 e. The van der Waals surface area contributed by atoms with Crippen molar-refractivity contribution in [3.8, 4) is 0 Å². The van der Waals surface area contributed by atoms with Crippen LogP contribution in [0.3, 0.4) is 0 Å². The zero-order valence-corrected chi connectivity index (χ0v) is 12.1. The summed E-state index contributed by atoms with van der Waals surface area (Å²) in [6.45, 7) is 1.98. The van der Waals surface area contributed by atoms with Crippen LogP contribution in [0.25, 0.3) is 0 Å². The van der Waals surface area contributed by atoms with Crippen LogP contribution in [0, 0.1) is 12.8 Å². The highest BCUT2D eigenvalue weighted by Gasteiger charge is 2.48. The second-order valence-corrected chi connectivity index (χ2v) is 5.67. The van der Waals surface area contributed by atoms with E-state index in [9.17, 15) is 14.7 Å². The maximum Gasteiger partial charge on any atom is 0.330 e. The molecule has 3 heterocycles. The summed E-state index contributed by atoms with van der Waals surface area (Å²) in [6, 6.07) is 1.00. The average Bonchev–Trinajstić information content (AvgIpc) is 2.75. The molecule has 8 nitrogen and oxygen atoms in total. The van der Waals surface area contributed by atoms with Gasteiger partial charge in [-0.2, -0.15) is 0 Å². The maximum absolute atomic E-state index is 12.1. The van der Waals surface area contributed by atoms with Crippen molar-refractivity contribution in [1.29, 1.82) is 0 Å². The Labute approximate surface area is 125 Å². The number of nitrogens with zero attached hydrogens (tertiary/aromatic N) is 1. The summed E-state index contributed by atoms with van der Waals surface area (Å²) in [4.78, 5) is 26.8. The standard InChI is InChI=1S/C12H16N4O4S/c1-5-2-8(18)16(12(19)14-5)10-9-6(7(4-17)20-10)3-13-11(21)15-9/h2,6-7,9-10,17H,3-4H2,1H3,(H,14,19)(H2,13,15,21)/t6?,7-,9?,10-/m1/s1. The monoisotopic (exact) mass is 312 g/mol. The highest BCUT2D eigenvalue weighted by atomic mass is 32.1. The fraction of sp³-hybridized carbons (Fsp3) is 0.583. The molecule has 2 unspecified atom stereocenters. The Bertz CT molecular complexity index is 653. The summed E-state index contributed by atoms with van der Waals surface area (Å²) in [6.07, 6.45) is -1.26. The second kappa shape index (κ2) is 5.24. The molecule has 2 aliphatic rings. The summed E-state index contributed by atoms with van der Waals surface area (Å²) < 4.78 is 6.75. The number of nitrogens with one attached hydrogen (secondary N) is 3. The van der Waals surface area contributed by atoms with Crippen LogP contribution in [-0.2, 0) is 4.74 Å². The molecule has 9 heteroatoms. The van der Waals surface area contributed by atoms with Gasteiger partial charge in [-0.05, 0) is 19.1 Å². The molecule has 114 valence electrons. The van der Waals surface area contributed by atoms with Crippen LogP contribution in [0.15, 0.2) is 15.7 Å². The molecule has 0 amide bonds. The molecule has 21 heavy (non-hydrogen) atoms. The summed E-state index contributed by atoms with van der Waals surface area (Å²) >= 11 is 5.08. The van der Waals surface area contributed by atoms with Crippen molar-refractivity contribution in [3.05, 3.63) is 32.6 Å². The molecule has 1 aromatic rings. The van der Waals surface area contributed by atoms with Crippen molar-refractivity contribution in [2.75, 3.05) is 13.2 Å². The van der Waals surface area contributed by atoms with Gasteiger partial charge in [0.25, 0.3) is 5.56 Å². The molecular formula is C12H16N4O4S. The normalized spacial score (nSPS) is 31.4. The lowest BCUT2D eigenvalue weighted by Gasteiger charge is -2.31. The van der Waals surface area contributed by atoms with Gasteiger partial charge in [-0.15, -0.1) is 0 Å². The molecule has 1 aromatic heterocycles. The van der Waals surface area contributed by atoms with Crippen LogP contribution in [-0.4, -0.2) is 45.1 Å². The summed E-state index contributed by atoms with van der Waals surface area (Å²) in [5.74, 6) is -0.0840.